The van der Waals surface area contributed by atoms with Crippen LogP contribution in [0.5, 0.6) is 0 Å². The molecule has 26 heavy (non-hydrogen) atoms. The van der Waals surface area contributed by atoms with E-state index in [4.69, 9.17) is 4.74 Å². The Morgan fingerprint density at radius 3 is 2.46 bits per heavy atom. The molecular formula is C19H18N2O4S. The summed E-state index contributed by atoms with van der Waals surface area (Å²) in [6, 6.07) is 15.9. The highest BCUT2D eigenvalue weighted by Crippen LogP contribution is 2.14. The van der Waals surface area contributed by atoms with E-state index < -0.39 is 16.8 Å². The Hall–Kier alpha value is -2.80. The van der Waals surface area contributed by atoms with Crippen LogP contribution in [-0.4, -0.2) is 46.2 Å². The van der Waals surface area contributed by atoms with Crippen molar-refractivity contribution in [3.8, 4) is 0 Å². The Kier molecular flexibility index (Phi) is 5.58. The van der Waals surface area contributed by atoms with E-state index in [0.29, 0.717) is 23.4 Å². The molecular weight excluding hydrogens is 352 g/mol. The van der Waals surface area contributed by atoms with E-state index in [0.717, 1.165) is 11.3 Å². The van der Waals surface area contributed by atoms with Gasteiger partial charge in [0, 0.05) is 28.4 Å². The van der Waals surface area contributed by atoms with Gasteiger partial charge in [-0.05, 0) is 29.8 Å². The first kappa shape index (κ1) is 18.0. The molecule has 134 valence electrons. The van der Waals surface area contributed by atoms with Gasteiger partial charge in [0.2, 0.25) is 0 Å². The summed E-state index contributed by atoms with van der Waals surface area (Å²) >= 11 is 0. The molecule has 1 amide bonds. The minimum Gasteiger partial charge on any atom is -0.452 e. The second kappa shape index (κ2) is 8.05. The molecule has 0 aromatic heterocycles. The van der Waals surface area contributed by atoms with E-state index in [1.165, 1.54) is 17.1 Å². The van der Waals surface area contributed by atoms with Gasteiger partial charge in [0.15, 0.2) is 6.61 Å². The van der Waals surface area contributed by atoms with Gasteiger partial charge in [-0.2, -0.15) is 5.10 Å². The normalized spacial score (nSPS) is 14.7. The Morgan fingerprint density at radius 1 is 1.12 bits per heavy atom. The van der Waals surface area contributed by atoms with E-state index in [1.807, 2.05) is 30.3 Å². The Labute approximate surface area is 153 Å². The predicted molar refractivity (Wildman–Crippen MR) is 98.4 cm³/mol. The van der Waals surface area contributed by atoms with Gasteiger partial charge >= 0.3 is 5.97 Å². The van der Waals surface area contributed by atoms with Crippen molar-refractivity contribution in [1.82, 2.24) is 5.01 Å². The van der Waals surface area contributed by atoms with Gasteiger partial charge in [-0.1, -0.05) is 30.3 Å². The van der Waals surface area contributed by atoms with E-state index >= 15 is 0 Å². The summed E-state index contributed by atoms with van der Waals surface area (Å²) in [6.07, 6.45) is 2.23. The molecule has 0 aliphatic carbocycles. The fourth-order valence-corrected chi connectivity index (χ4v) is 3.06. The molecule has 1 aliphatic rings. The van der Waals surface area contributed by atoms with E-state index in [-0.39, 0.29) is 12.5 Å². The van der Waals surface area contributed by atoms with Crippen molar-refractivity contribution in [2.45, 2.75) is 11.3 Å². The molecule has 0 fully saturated rings. The molecule has 0 radical (unpaired) electrons. The summed E-state index contributed by atoms with van der Waals surface area (Å²) in [4.78, 5) is 24.9. The third-order valence-electron chi connectivity index (χ3n) is 3.95. The van der Waals surface area contributed by atoms with Crippen LogP contribution < -0.4 is 0 Å². The summed E-state index contributed by atoms with van der Waals surface area (Å²) in [6.45, 7) is 0.101. The lowest BCUT2D eigenvalue weighted by Crippen LogP contribution is -2.28. The number of esters is 1. The highest BCUT2D eigenvalue weighted by atomic mass is 32.2. The van der Waals surface area contributed by atoms with Crippen LogP contribution in [0.3, 0.4) is 0 Å². The van der Waals surface area contributed by atoms with Crippen molar-refractivity contribution in [3.05, 3.63) is 65.7 Å². The van der Waals surface area contributed by atoms with Gasteiger partial charge in [0.25, 0.3) is 5.91 Å². The number of hydrogen-bond donors (Lipinski definition) is 0. The second-order valence-electron chi connectivity index (χ2n) is 5.73. The molecule has 0 bridgehead atoms. The van der Waals surface area contributed by atoms with Crippen LogP contribution in [0.25, 0.3) is 0 Å². The van der Waals surface area contributed by atoms with Gasteiger partial charge in [0.05, 0.1) is 17.8 Å². The largest absolute Gasteiger partial charge is 0.452 e. The van der Waals surface area contributed by atoms with Gasteiger partial charge in [0.1, 0.15) is 0 Å². The lowest BCUT2D eigenvalue weighted by molar-refractivity contribution is -0.134. The summed E-state index contributed by atoms with van der Waals surface area (Å²) < 4.78 is 16.4. The fourth-order valence-electron chi connectivity index (χ4n) is 2.54. The molecule has 0 N–H and O–H groups in total. The maximum atomic E-state index is 12.2. The summed E-state index contributed by atoms with van der Waals surface area (Å²) in [7, 11) is -1.11. The minimum absolute atomic E-state index is 0.307. The molecule has 0 spiro atoms. The Bertz CT molecular complexity index is 863. The molecule has 0 saturated heterocycles. The number of rotatable bonds is 5. The third kappa shape index (κ3) is 4.23. The molecule has 2 aromatic rings. The summed E-state index contributed by atoms with van der Waals surface area (Å²) in [5.74, 6) is -0.964. The molecule has 2 aromatic carbocycles. The highest BCUT2D eigenvalue weighted by molar-refractivity contribution is 7.84. The third-order valence-corrected chi connectivity index (χ3v) is 4.88. The molecule has 1 atom stereocenters. The van der Waals surface area contributed by atoms with Crippen LogP contribution in [-0.2, 0) is 20.3 Å². The fraction of sp³-hybridized carbons (Fsp3) is 0.211. The van der Waals surface area contributed by atoms with Crippen LogP contribution in [0.1, 0.15) is 22.3 Å². The standard InChI is InChI=1S/C19H18N2O4S/c1-26(24)16-9-7-15(8-10-16)19(23)25-13-18(22)21-12-11-17(20-21)14-5-3-2-4-6-14/h2-10H,11-13H2,1H3/t26-/m1/s1. The molecule has 1 aliphatic heterocycles. The first-order valence-corrected chi connectivity index (χ1v) is 9.64. The Morgan fingerprint density at radius 2 is 1.81 bits per heavy atom. The number of benzene rings is 2. The molecule has 1 heterocycles. The van der Waals surface area contributed by atoms with Gasteiger partial charge in [-0.25, -0.2) is 9.80 Å². The summed E-state index contributed by atoms with van der Waals surface area (Å²) in [5, 5.41) is 5.65. The molecule has 6 nitrogen and oxygen atoms in total. The van der Waals surface area contributed by atoms with Crippen LogP contribution in [0.15, 0.2) is 64.6 Å². The van der Waals surface area contributed by atoms with Crippen molar-refractivity contribution < 1.29 is 18.5 Å². The van der Waals surface area contributed by atoms with Crippen molar-refractivity contribution >= 4 is 28.4 Å². The topological polar surface area (TPSA) is 76.0 Å². The number of hydrazone groups is 1. The van der Waals surface area contributed by atoms with Crippen LogP contribution in [0.2, 0.25) is 0 Å². The monoisotopic (exact) mass is 370 g/mol. The molecule has 3 rings (SSSR count). The molecule has 0 saturated carbocycles. The number of nitrogens with zero attached hydrogens (tertiary/aromatic N) is 2. The van der Waals surface area contributed by atoms with E-state index in [2.05, 4.69) is 5.10 Å². The maximum absolute atomic E-state index is 12.2. The number of carbonyl (C=O) groups is 2. The lowest BCUT2D eigenvalue weighted by Gasteiger charge is -2.11. The van der Waals surface area contributed by atoms with Gasteiger partial charge in [-0.3, -0.25) is 9.00 Å². The van der Waals surface area contributed by atoms with Crippen LogP contribution in [0, 0.1) is 0 Å². The second-order valence-corrected chi connectivity index (χ2v) is 7.11. The average molecular weight is 370 g/mol. The van der Waals surface area contributed by atoms with E-state index in [9.17, 15) is 13.8 Å². The van der Waals surface area contributed by atoms with Gasteiger partial charge in [-0.15, -0.1) is 0 Å². The average Bonchev–Trinajstić information content (AvgIpc) is 3.17. The van der Waals surface area contributed by atoms with Crippen molar-refractivity contribution in [1.29, 1.82) is 0 Å². The predicted octanol–water partition coefficient (Wildman–Crippen LogP) is 2.22. The smallest absolute Gasteiger partial charge is 0.338 e. The van der Waals surface area contributed by atoms with Crippen LogP contribution in [0.4, 0.5) is 0 Å². The molecule has 7 heteroatoms. The zero-order chi connectivity index (χ0) is 18.5. The van der Waals surface area contributed by atoms with Crippen molar-refractivity contribution in [2.24, 2.45) is 5.10 Å². The van der Waals surface area contributed by atoms with Crippen molar-refractivity contribution in [3.63, 3.8) is 0 Å². The van der Waals surface area contributed by atoms with E-state index in [1.54, 1.807) is 18.4 Å². The van der Waals surface area contributed by atoms with Crippen molar-refractivity contribution in [2.75, 3.05) is 19.4 Å². The lowest BCUT2D eigenvalue weighted by atomic mass is 10.1. The first-order valence-electron chi connectivity index (χ1n) is 8.08. The number of ether oxygens (including phenoxy) is 1. The maximum Gasteiger partial charge on any atom is 0.338 e. The van der Waals surface area contributed by atoms with Gasteiger partial charge < -0.3 is 4.74 Å². The Balaban J connectivity index is 1.56. The zero-order valence-electron chi connectivity index (χ0n) is 14.3. The number of hydrogen-bond acceptors (Lipinski definition) is 5. The minimum atomic E-state index is -1.11. The first-order chi connectivity index (χ1) is 12.5. The highest BCUT2D eigenvalue weighted by Gasteiger charge is 2.22. The number of carbonyl (C=O) groups excluding carboxylic acids is 2. The molecule has 0 unspecified atom stereocenters. The quantitative estimate of drug-likeness (QED) is 0.756. The summed E-state index contributed by atoms with van der Waals surface area (Å²) in [5.41, 5.74) is 2.13. The SMILES string of the molecule is C[S@@](=O)c1ccc(C(=O)OCC(=O)N2CCC(c3ccccc3)=N2)cc1. The number of amides is 1. The zero-order valence-corrected chi connectivity index (χ0v) is 15.1. The van der Waals surface area contributed by atoms with Crippen LogP contribution >= 0.6 is 0 Å².